The summed E-state index contributed by atoms with van der Waals surface area (Å²) in [5.41, 5.74) is 0.430. The highest BCUT2D eigenvalue weighted by molar-refractivity contribution is 7.16. The Balaban J connectivity index is 2.17. The van der Waals surface area contributed by atoms with Crippen LogP contribution in [0.5, 0.6) is 0 Å². The van der Waals surface area contributed by atoms with Crippen molar-refractivity contribution < 1.29 is 9.18 Å². The monoisotopic (exact) mass is 292 g/mol. The summed E-state index contributed by atoms with van der Waals surface area (Å²) < 4.78 is 13.7. The summed E-state index contributed by atoms with van der Waals surface area (Å²) in [7, 11) is 0. The molecule has 0 fully saturated rings. The molecule has 0 saturated carbocycles. The lowest BCUT2D eigenvalue weighted by atomic mass is 10.2. The van der Waals surface area contributed by atoms with Crippen molar-refractivity contribution in [3.05, 3.63) is 41.2 Å². The van der Waals surface area contributed by atoms with Crippen LogP contribution in [0.4, 0.5) is 4.39 Å². The van der Waals surface area contributed by atoms with Gasteiger partial charge in [0.05, 0.1) is 6.20 Å². The largest absolute Gasteiger partial charge is 0.349 e. The van der Waals surface area contributed by atoms with E-state index < -0.39 is 0 Å². The second-order valence-electron chi connectivity index (χ2n) is 4.50. The van der Waals surface area contributed by atoms with E-state index in [4.69, 9.17) is 0 Å². The van der Waals surface area contributed by atoms with Crippen LogP contribution in [-0.2, 0) is 0 Å². The topological polar surface area (TPSA) is 42.0 Å². The lowest BCUT2D eigenvalue weighted by molar-refractivity contribution is 0.0939. The molecule has 1 aromatic carbocycles. The van der Waals surface area contributed by atoms with Gasteiger partial charge in [0.15, 0.2) is 0 Å². The van der Waals surface area contributed by atoms with Crippen LogP contribution in [0.15, 0.2) is 30.5 Å². The molecule has 0 radical (unpaired) electrons. The summed E-state index contributed by atoms with van der Waals surface area (Å²) in [4.78, 5) is 16.7. The van der Waals surface area contributed by atoms with Crippen LogP contribution < -0.4 is 5.32 Å². The van der Waals surface area contributed by atoms with Gasteiger partial charge in [-0.3, -0.25) is 4.79 Å². The standard InChI is InChI=1S/C15H17FN2OS/c1-3-10(4-2)18-14(19)13-9-17-15(20-13)11-7-5-6-8-12(11)16/h5-10H,3-4H2,1-2H3,(H,18,19). The average Bonchev–Trinajstić information content (AvgIpc) is 2.94. The van der Waals surface area contributed by atoms with Gasteiger partial charge in [-0.15, -0.1) is 11.3 Å². The Morgan fingerprint density at radius 2 is 2.05 bits per heavy atom. The highest BCUT2D eigenvalue weighted by Crippen LogP contribution is 2.27. The fraction of sp³-hybridized carbons (Fsp3) is 0.333. The van der Waals surface area contributed by atoms with Crippen molar-refractivity contribution in [1.29, 1.82) is 0 Å². The van der Waals surface area contributed by atoms with E-state index >= 15 is 0 Å². The molecule has 1 heterocycles. The zero-order valence-electron chi connectivity index (χ0n) is 11.5. The molecule has 0 atom stereocenters. The van der Waals surface area contributed by atoms with Gasteiger partial charge in [0, 0.05) is 11.6 Å². The van der Waals surface area contributed by atoms with Crippen molar-refractivity contribution >= 4 is 17.2 Å². The second kappa shape index (κ2) is 6.61. The van der Waals surface area contributed by atoms with Crippen LogP contribution in [0.3, 0.4) is 0 Å². The third-order valence-electron chi connectivity index (χ3n) is 3.15. The minimum absolute atomic E-state index is 0.140. The van der Waals surface area contributed by atoms with E-state index in [1.807, 2.05) is 13.8 Å². The first-order valence-corrected chi connectivity index (χ1v) is 7.49. The Morgan fingerprint density at radius 3 is 2.70 bits per heavy atom. The molecule has 2 aromatic rings. The molecule has 0 aliphatic rings. The quantitative estimate of drug-likeness (QED) is 0.909. The zero-order valence-corrected chi connectivity index (χ0v) is 12.3. The van der Waals surface area contributed by atoms with Gasteiger partial charge in [0.1, 0.15) is 15.7 Å². The molecular formula is C15H17FN2OS. The van der Waals surface area contributed by atoms with Crippen LogP contribution in [0.2, 0.25) is 0 Å². The van der Waals surface area contributed by atoms with E-state index in [2.05, 4.69) is 10.3 Å². The Kier molecular flexibility index (Phi) is 4.84. The van der Waals surface area contributed by atoms with Gasteiger partial charge >= 0.3 is 0 Å². The first kappa shape index (κ1) is 14.7. The Hall–Kier alpha value is -1.75. The van der Waals surface area contributed by atoms with E-state index in [1.54, 1.807) is 18.2 Å². The van der Waals surface area contributed by atoms with Gasteiger partial charge in [0.2, 0.25) is 0 Å². The number of amides is 1. The maximum atomic E-state index is 13.7. The molecule has 20 heavy (non-hydrogen) atoms. The van der Waals surface area contributed by atoms with Crippen molar-refractivity contribution in [3.8, 4) is 10.6 Å². The second-order valence-corrected chi connectivity index (χ2v) is 5.53. The van der Waals surface area contributed by atoms with Crippen molar-refractivity contribution in [2.75, 3.05) is 0 Å². The van der Waals surface area contributed by atoms with Crippen LogP contribution in [0.25, 0.3) is 10.6 Å². The summed E-state index contributed by atoms with van der Waals surface area (Å²) in [6.07, 6.45) is 3.28. The number of carbonyl (C=O) groups excluding carboxylic acids is 1. The number of carbonyl (C=O) groups is 1. The predicted molar refractivity (Wildman–Crippen MR) is 79.3 cm³/mol. The SMILES string of the molecule is CCC(CC)NC(=O)c1cnc(-c2ccccc2F)s1. The van der Waals surface area contributed by atoms with E-state index in [0.717, 1.165) is 12.8 Å². The molecule has 0 saturated heterocycles. The van der Waals surface area contributed by atoms with Crippen molar-refractivity contribution in [1.82, 2.24) is 10.3 Å². The minimum Gasteiger partial charge on any atom is -0.349 e. The lowest BCUT2D eigenvalue weighted by Crippen LogP contribution is -2.33. The molecule has 0 aliphatic carbocycles. The zero-order chi connectivity index (χ0) is 14.5. The van der Waals surface area contributed by atoms with Gasteiger partial charge in [-0.2, -0.15) is 0 Å². The normalized spacial score (nSPS) is 10.8. The van der Waals surface area contributed by atoms with E-state index in [0.29, 0.717) is 15.4 Å². The first-order chi connectivity index (χ1) is 9.65. The van der Waals surface area contributed by atoms with Crippen molar-refractivity contribution in [2.45, 2.75) is 32.7 Å². The number of aromatic nitrogens is 1. The number of thiazole rings is 1. The third kappa shape index (κ3) is 3.22. The molecule has 3 nitrogen and oxygen atoms in total. The van der Waals surface area contributed by atoms with Gasteiger partial charge < -0.3 is 5.32 Å². The van der Waals surface area contributed by atoms with E-state index in [-0.39, 0.29) is 17.8 Å². The summed E-state index contributed by atoms with van der Waals surface area (Å²) >= 11 is 1.21. The number of rotatable bonds is 5. The van der Waals surface area contributed by atoms with E-state index in [1.165, 1.54) is 23.6 Å². The van der Waals surface area contributed by atoms with Crippen molar-refractivity contribution in [2.24, 2.45) is 0 Å². The minimum atomic E-state index is -0.325. The van der Waals surface area contributed by atoms with Crippen LogP contribution in [0, 0.1) is 5.82 Å². The third-order valence-corrected chi connectivity index (χ3v) is 4.18. The van der Waals surface area contributed by atoms with Gasteiger partial charge in [-0.05, 0) is 25.0 Å². The molecule has 0 spiro atoms. The summed E-state index contributed by atoms with van der Waals surface area (Å²) in [5.74, 6) is -0.465. The number of nitrogens with zero attached hydrogens (tertiary/aromatic N) is 1. The van der Waals surface area contributed by atoms with Crippen molar-refractivity contribution in [3.63, 3.8) is 0 Å². The van der Waals surface area contributed by atoms with Crippen LogP contribution >= 0.6 is 11.3 Å². The Bertz CT molecular complexity index is 593. The highest BCUT2D eigenvalue weighted by atomic mass is 32.1. The fourth-order valence-electron chi connectivity index (χ4n) is 1.89. The first-order valence-electron chi connectivity index (χ1n) is 6.67. The Morgan fingerprint density at radius 1 is 1.35 bits per heavy atom. The van der Waals surface area contributed by atoms with Gasteiger partial charge in [-0.25, -0.2) is 9.37 Å². The van der Waals surface area contributed by atoms with Gasteiger partial charge in [0.25, 0.3) is 5.91 Å². The smallest absolute Gasteiger partial charge is 0.263 e. The highest BCUT2D eigenvalue weighted by Gasteiger charge is 2.15. The molecule has 0 unspecified atom stereocenters. The Labute approximate surface area is 121 Å². The van der Waals surface area contributed by atoms with Gasteiger partial charge in [-0.1, -0.05) is 26.0 Å². The molecule has 2 rings (SSSR count). The number of benzene rings is 1. The molecular weight excluding hydrogens is 275 g/mol. The predicted octanol–water partition coefficient (Wildman–Crippen LogP) is 3.87. The number of hydrogen-bond donors (Lipinski definition) is 1. The number of halogens is 1. The summed E-state index contributed by atoms with van der Waals surface area (Å²) in [6, 6.07) is 6.61. The van der Waals surface area contributed by atoms with Crippen LogP contribution in [0.1, 0.15) is 36.4 Å². The van der Waals surface area contributed by atoms with E-state index in [9.17, 15) is 9.18 Å². The lowest BCUT2D eigenvalue weighted by Gasteiger charge is -2.13. The number of hydrogen-bond acceptors (Lipinski definition) is 3. The molecule has 5 heteroatoms. The maximum Gasteiger partial charge on any atom is 0.263 e. The molecule has 106 valence electrons. The molecule has 0 bridgehead atoms. The molecule has 0 aliphatic heterocycles. The molecule has 1 N–H and O–H groups in total. The fourth-order valence-corrected chi connectivity index (χ4v) is 2.73. The number of nitrogens with one attached hydrogen (secondary N) is 1. The average molecular weight is 292 g/mol. The molecule has 1 amide bonds. The van der Waals surface area contributed by atoms with Crippen LogP contribution in [-0.4, -0.2) is 16.9 Å². The summed E-state index contributed by atoms with van der Waals surface area (Å²) in [5, 5.41) is 3.48. The maximum absolute atomic E-state index is 13.7. The summed E-state index contributed by atoms with van der Waals surface area (Å²) in [6.45, 7) is 4.07. The molecule has 1 aromatic heterocycles.